The average Bonchev–Trinajstić information content (AvgIpc) is 3.29. The van der Waals surface area contributed by atoms with Gasteiger partial charge in [-0.2, -0.15) is 0 Å². The number of carbonyl (C=O) groups is 1. The zero-order valence-corrected chi connectivity index (χ0v) is 24.0. The summed E-state index contributed by atoms with van der Waals surface area (Å²) >= 11 is 6.02. The van der Waals surface area contributed by atoms with Gasteiger partial charge in [-0.1, -0.05) is 23.7 Å². The van der Waals surface area contributed by atoms with Crippen LogP contribution in [0.15, 0.2) is 42.5 Å². The number of hydrogen-bond acceptors (Lipinski definition) is 7. The van der Waals surface area contributed by atoms with Gasteiger partial charge in [0, 0.05) is 68.4 Å². The molecule has 0 aromatic heterocycles. The van der Waals surface area contributed by atoms with Crippen LogP contribution in [0.2, 0.25) is 5.02 Å². The van der Waals surface area contributed by atoms with E-state index in [4.69, 9.17) is 25.8 Å². The molecule has 2 aromatic carbocycles. The second kappa shape index (κ2) is 14.1. The average molecular weight is 568 g/mol. The highest BCUT2D eigenvalue weighted by molar-refractivity contribution is 7.88. The molecule has 0 radical (unpaired) electrons. The van der Waals surface area contributed by atoms with Crippen molar-refractivity contribution in [2.45, 2.75) is 38.1 Å². The van der Waals surface area contributed by atoms with Crippen molar-refractivity contribution in [2.24, 2.45) is 5.92 Å². The van der Waals surface area contributed by atoms with E-state index in [9.17, 15) is 13.2 Å². The molecule has 1 fully saturated rings. The number of methoxy groups -OCH3 is 2. The van der Waals surface area contributed by atoms with Gasteiger partial charge in [0.15, 0.2) is 11.5 Å². The number of halogens is 1. The van der Waals surface area contributed by atoms with E-state index in [1.165, 1.54) is 0 Å². The number of nitrogens with zero attached hydrogens (tertiary/aromatic N) is 1. The lowest BCUT2D eigenvalue weighted by atomic mass is 10.0. The molecule has 1 saturated heterocycles. The second-order valence-corrected chi connectivity index (χ2v) is 11.8. The van der Waals surface area contributed by atoms with Crippen LogP contribution < -0.4 is 19.5 Å². The molecule has 38 heavy (non-hydrogen) atoms. The largest absolute Gasteiger partial charge is 0.493 e. The van der Waals surface area contributed by atoms with Crippen molar-refractivity contribution in [3.63, 3.8) is 0 Å². The third-order valence-electron chi connectivity index (χ3n) is 6.39. The highest BCUT2D eigenvalue weighted by atomic mass is 35.5. The Kier molecular flexibility index (Phi) is 11.2. The maximum absolute atomic E-state index is 13.6. The summed E-state index contributed by atoms with van der Waals surface area (Å²) in [7, 11) is -0.425. The zero-order valence-electron chi connectivity index (χ0n) is 22.4. The van der Waals surface area contributed by atoms with Crippen LogP contribution in [0.5, 0.6) is 11.5 Å². The van der Waals surface area contributed by atoms with Crippen molar-refractivity contribution in [1.82, 2.24) is 14.9 Å². The van der Waals surface area contributed by atoms with Gasteiger partial charge in [0.2, 0.25) is 10.0 Å². The van der Waals surface area contributed by atoms with Crippen LogP contribution >= 0.6 is 11.6 Å². The lowest BCUT2D eigenvalue weighted by Gasteiger charge is -2.32. The van der Waals surface area contributed by atoms with Crippen LogP contribution in [0.4, 0.5) is 0 Å². The van der Waals surface area contributed by atoms with Gasteiger partial charge in [-0.05, 0) is 49.7 Å². The highest BCUT2D eigenvalue weighted by Gasteiger charge is 2.34. The molecular weight excluding hydrogens is 530 g/mol. The van der Waals surface area contributed by atoms with Crippen LogP contribution in [0.3, 0.4) is 0 Å². The fourth-order valence-electron chi connectivity index (χ4n) is 4.44. The first kappa shape index (κ1) is 30.2. The van der Waals surface area contributed by atoms with Gasteiger partial charge < -0.3 is 24.4 Å². The molecule has 1 aliphatic rings. The first-order chi connectivity index (χ1) is 18.1. The number of carbonyl (C=O) groups excluding carboxylic acids is 1. The van der Waals surface area contributed by atoms with Gasteiger partial charge in [-0.15, -0.1) is 0 Å². The van der Waals surface area contributed by atoms with Gasteiger partial charge >= 0.3 is 0 Å². The molecule has 210 valence electrons. The predicted octanol–water partition coefficient (Wildman–Crippen LogP) is 3.32. The molecule has 0 saturated carbocycles. The van der Waals surface area contributed by atoms with E-state index in [0.717, 1.165) is 0 Å². The molecule has 2 aromatic rings. The summed E-state index contributed by atoms with van der Waals surface area (Å²) in [5.41, 5.74) is 1.09. The molecule has 0 unspecified atom stereocenters. The Morgan fingerprint density at radius 3 is 2.61 bits per heavy atom. The maximum atomic E-state index is 13.6. The van der Waals surface area contributed by atoms with Gasteiger partial charge in [0.25, 0.3) is 5.91 Å². The molecule has 0 spiro atoms. The molecule has 0 aliphatic carbocycles. The normalized spacial score (nSPS) is 17.5. The quantitative estimate of drug-likeness (QED) is 0.337. The van der Waals surface area contributed by atoms with Crippen molar-refractivity contribution in [3.05, 3.63) is 58.6 Å². The lowest BCUT2D eigenvalue weighted by molar-refractivity contribution is 0.0671. The van der Waals surface area contributed by atoms with E-state index >= 15 is 0 Å². The maximum Gasteiger partial charge on any atom is 0.254 e. The van der Waals surface area contributed by atoms with Gasteiger partial charge in [0.05, 0.1) is 19.5 Å². The van der Waals surface area contributed by atoms with E-state index in [1.807, 2.05) is 13.8 Å². The van der Waals surface area contributed by atoms with Gasteiger partial charge in [0.1, 0.15) is 0 Å². The molecule has 0 bridgehead atoms. The Morgan fingerprint density at radius 2 is 1.92 bits per heavy atom. The summed E-state index contributed by atoms with van der Waals surface area (Å²) in [6.07, 6.45) is 0.708. The van der Waals surface area contributed by atoms with Crippen LogP contribution in [0.25, 0.3) is 0 Å². The van der Waals surface area contributed by atoms with Crippen LogP contribution in [-0.2, 0) is 20.5 Å². The standard InChI is InChI=1S/C27H38ClN3O6S/c1-19(2)31(27(32)21-9-10-25(36-4)26(14-21)37-12-6-11-35-3)17-22-15-29-16-24(22)30-38(33,34)18-20-7-5-8-23(28)13-20/h5,7-10,13-14,19,22,24,29-30H,6,11-12,15-18H2,1-4H3/t22-,24+/m0/s1. The molecule has 1 amide bonds. The van der Waals surface area contributed by atoms with Gasteiger partial charge in [-0.25, -0.2) is 13.1 Å². The van der Waals surface area contributed by atoms with Crippen LogP contribution in [0.1, 0.15) is 36.2 Å². The minimum absolute atomic E-state index is 0.0972. The minimum Gasteiger partial charge on any atom is -0.493 e. The minimum atomic E-state index is -3.61. The first-order valence-corrected chi connectivity index (χ1v) is 14.7. The summed E-state index contributed by atoms with van der Waals surface area (Å²) in [5, 5.41) is 3.76. The van der Waals surface area contributed by atoms with Crippen molar-refractivity contribution in [1.29, 1.82) is 0 Å². The smallest absolute Gasteiger partial charge is 0.254 e. The van der Waals surface area contributed by atoms with E-state index in [2.05, 4.69) is 10.0 Å². The monoisotopic (exact) mass is 567 g/mol. The van der Waals surface area contributed by atoms with E-state index in [1.54, 1.807) is 61.6 Å². The number of sulfonamides is 1. The van der Waals surface area contributed by atoms with Crippen LogP contribution in [-0.4, -0.2) is 78.4 Å². The second-order valence-electron chi connectivity index (χ2n) is 9.64. The van der Waals surface area contributed by atoms with E-state index in [-0.39, 0.29) is 29.7 Å². The molecule has 1 aliphatic heterocycles. The fraction of sp³-hybridized carbons (Fsp3) is 0.519. The fourth-order valence-corrected chi connectivity index (χ4v) is 6.09. The number of benzene rings is 2. The Bertz CT molecular complexity index is 1180. The Labute approximate surface area is 230 Å². The zero-order chi connectivity index (χ0) is 27.7. The predicted molar refractivity (Wildman–Crippen MR) is 149 cm³/mol. The Balaban J connectivity index is 1.71. The van der Waals surface area contributed by atoms with Gasteiger partial charge in [-0.3, -0.25) is 4.79 Å². The van der Waals surface area contributed by atoms with Crippen molar-refractivity contribution >= 4 is 27.5 Å². The molecule has 2 N–H and O–H groups in total. The SMILES string of the molecule is COCCCOc1cc(C(=O)N(C[C@@H]2CNC[C@H]2NS(=O)(=O)Cc2cccc(Cl)c2)C(C)C)ccc1OC. The summed E-state index contributed by atoms with van der Waals surface area (Å²) in [6, 6.07) is 11.5. The van der Waals surface area contributed by atoms with E-state index in [0.29, 0.717) is 66.9 Å². The number of ether oxygens (including phenoxy) is 3. The molecule has 3 rings (SSSR count). The summed E-state index contributed by atoms with van der Waals surface area (Å²) in [4.78, 5) is 15.4. The summed E-state index contributed by atoms with van der Waals surface area (Å²) < 4.78 is 45.0. The Morgan fingerprint density at radius 1 is 1.13 bits per heavy atom. The number of hydrogen-bond donors (Lipinski definition) is 2. The van der Waals surface area contributed by atoms with E-state index < -0.39 is 10.0 Å². The molecule has 9 nitrogen and oxygen atoms in total. The molecule has 1 heterocycles. The lowest BCUT2D eigenvalue weighted by Crippen LogP contribution is -2.47. The topological polar surface area (TPSA) is 106 Å². The third kappa shape index (κ3) is 8.57. The van der Waals surface area contributed by atoms with Crippen molar-refractivity contribution < 1.29 is 27.4 Å². The van der Waals surface area contributed by atoms with Crippen LogP contribution in [0, 0.1) is 5.92 Å². The van der Waals surface area contributed by atoms with Crippen molar-refractivity contribution in [2.75, 3.05) is 47.1 Å². The highest BCUT2D eigenvalue weighted by Crippen LogP contribution is 2.29. The number of amides is 1. The molecular formula is C27H38ClN3O6S. The number of nitrogens with one attached hydrogen (secondary N) is 2. The summed E-state index contributed by atoms with van der Waals surface area (Å²) in [5.74, 6) is 0.620. The van der Waals surface area contributed by atoms with Crippen molar-refractivity contribution in [3.8, 4) is 11.5 Å². The summed E-state index contributed by atoms with van der Waals surface area (Å²) in [6.45, 7) is 6.37. The molecule has 2 atom stereocenters. The Hall–Kier alpha value is -2.37. The third-order valence-corrected chi connectivity index (χ3v) is 8.00. The first-order valence-electron chi connectivity index (χ1n) is 12.7. The number of rotatable bonds is 14. The molecule has 11 heteroatoms.